The van der Waals surface area contributed by atoms with Crippen LogP contribution >= 0.6 is 11.6 Å². The Morgan fingerprint density at radius 2 is 2.03 bits per heavy atom. The zero-order valence-electron chi connectivity index (χ0n) is 16.7. The third-order valence-corrected chi connectivity index (χ3v) is 6.32. The van der Waals surface area contributed by atoms with Crippen LogP contribution in [-0.4, -0.2) is 53.5 Å². The lowest BCUT2D eigenvalue weighted by molar-refractivity contribution is -0.132. The van der Waals surface area contributed by atoms with Crippen molar-refractivity contribution in [2.75, 3.05) is 37.6 Å². The smallest absolute Gasteiger partial charge is 0.231 e. The summed E-state index contributed by atoms with van der Waals surface area (Å²) in [6.45, 7) is 4.18. The fraction of sp³-hybridized carbons (Fsp3) is 0.476. The van der Waals surface area contributed by atoms with E-state index in [0.29, 0.717) is 43.9 Å². The van der Waals surface area contributed by atoms with Gasteiger partial charge in [-0.25, -0.2) is 18.7 Å². The zero-order chi connectivity index (χ0) is 21.4. The van der Waals surface area contributed by atoms with Crippen molar-refractivity contribution in [3.8, 4) is 0 Å². The molecular formula is C21H24ClF2N5O. The molecule has 2 heterocycles. The summed E-state index contributed by atoms with van der Waals surface area (Å²) >= 11 is 5.75. The third-order valence-electron chi connectivity index (χ3n) is 6.01. The molecule has 1 saturated heterocycles. The van der Waals surface area contributed by atoms with E-state index < -0.39 is 17.9 Å². The SMILES string of the molecule is C[C@@H]1C[C@@H](F)c2ncnc(N3CCN(C(=O)[C@H](CN)c4ccc(Cl)c(F)c4)CC3)c21. The van der Waals surface area contributed by atoms with Gasteiger partial charge in [0.1, 0.15) is 24.1 Å². The molecule has 0 saturated carbocycles. The van der Waals surface area contributed by atoms with Crippen molar-refractivity contribution in [2.24, 2.45) is 5.73 Å². The number of halogens is 3. The summed E-state index contributed by atoms with van der Waals surface area (Å²) in [5.74, 6) is -0.506. The highest BCUT2D eigenvalue weighted by atomic mass is 35.5. The van der Waals surface area contributed by atoms with Crippen LogP contribution in [0.1, 0.15) is 48.2 Å². The molecule has 3 atom stereocenters. The number of fused-ring (bicyclic) bond motifs is 1. The zero-order valence-corrected chi connectivity index (χ0v) is 17.4. The van der Waals surface area contributed by atoms with Gasteiger partial charge >= 0.3 is 0 Å². The molecule has 0 spiro atoms. The molecule has 1 aliphatic heterocycles. The van der Waals surface area contributed by atoms with Crippen molar-refractivity contribution < 1.29 is 13.6 Å². The minimum atomic E-state index is -1.05. The van der Waals surface area contributed by atoms with Crippen LogP contribution in [0.3, 0.4) is 0 Å². The van der Waals surface area contributed by atoms with Crippen LogP contribution in [-0.2, 0) is 4.79 Å². The van der Waals surface area contributed by atoms with Crippen LogP contribution < -0.4 is 10.6 Å². The van der Waals surface area contributed by atoms with Crippen LogP contribution in [0.15, 0.2) is 24.5 Å². The van der Waals surface area contributed by atoms with Crippen LogP contribution in [0.5, 0.6) is 0 Å². The molecule has 0 bridgehead atoms. The molecule has 160 valence electrons. The van der Waals surface area contributed by atoms with E-state index in [1.54, 1.807) is 11.0 Å². The quantitative estimate of drug-likeness (QED) is 0.798. The van der Waals surface area contributed by atoms with E-state index in [1.807, 2.05) is 6.92 Å². The predicted octanol–water partition coefficient (Wildman–Crippen LogP) is 3.18. The molecule has 0 radical (unpaired) electrons. The number of anilines is 1. The van der Waals surface area contributed by atoms with Gasteiger partial charge in [0.15, 0.2) is 0 Å². The van der Waals surface area contributed by atoms with Crippen molar-refractivity contribution in [2.45, 2.75) is 31.4 Å². The van der Waals surface area contributed by atoms with E-state index >= 15 is 0 Å². The van der Waals surface area contributed by atoms with E-state index in [9.17, 15) is 13.6 Å². The standard InChI is InChI=1S/C21H24ClF2N5O/c1-12-8-17(24)19-18(12)20(27-11-26-19)28-4-6-29(7-5-28)21(30)14(10-25)13-2-3-15(22)16(23)9-13/h2-3,9,11-12,14,17H,4-8,10,25H2,1H3/t12-,14-,17-/m1/s1. The Bertz CT molecular complexity index is 951. The molecule has 1 fully saturated rings. The number of hydrogen-bond acceptors (Lipinski definition) is 5. The van der Waals surface area contributed by atoms with E-state index in [4.69, 9.17) is 17.3 Å². The fourth-order valence-electron chi connectivity index (χ4n) is 4.38. The van der Waals surface area contributed by atoms with E-state index in [0.717, 1.165) is 11.4 Å². The van der Waals surface area contributed by atoms with Crippen molar-refractivity contribution >= 4 is 23.3 Å². The van der Waals surface area contributed by atoms with Crippen LogP contribution in [0.25, 0.3) is 0 Å². The highest BCUT2D eigenvalue weighted by Crippen LogP contribution is 2.44. The molecule has 1 amide bonds. The number of piperazine rings is 1. The Morgan fingerprint density at radius 3 is 2.70 bits per heavy atom. The predicted molar refractivity (Wildman–Crippen MR) is 111 cm³/mol. The third kappa shape index (κ3) is 3.74. The average molecular weight is 436 g/mol. The summed E-state index contributed by atoms with van der Waals surface area (Å²) < 4.78 is 28.1. The molecular weight excluding hydrogens is 412 g/mol. The second-order valence-corrected chi connectivity index (χ2v) is 8.28. The number of benzene rings is 1. The van der Waals surface area contributed by atoms with E-state index in [1.165, 1.54) is 18.5 Å². The summed E-state index contributed by atoms with van der Waals surface area (Å²) in [7, 11) is 0. The summed E-state index contributed by atoms with van der Waals surface area (Å²) in [5.41, 5.74) is 7.72. The second-order valence-electron chi connectivity index (χ2n) is 7.87. The van der Waals surface area contributed by atoms with Gasteiger partial charge in [-0.2, -0.15) is 0 Å². The molecule has 1 aromatic heterocycles. The molecule has 1 aromatic carbocycles. The lowest BCUT2D eigenvalue weighted by Crippen LogP contribution is -2.51. The van der Waals surface area contributed by atoms with Gasteiger partial charge in [-0.1, -0.05) is 24.6 Å². The Balaban J connectivity index is 1.47. The largest absolute Gasteiger partial charge is 0.353 e. The summed E-state index contributed by atoms with van der Waals surface area (Å²) in [5, 5.41) is 0.0118. The Kier molecular flexibility index (Phi) is 5.88. The lowest BCUT2D eigenvalue weighted by atomic mass is 9.97. The minimum Gasteiger partial charge on any atom is -0.353 e. The van der Waals surface area contributed by atoms with Gasteiger partial charge in [-0.15, -0.1) is 0 Å². The van der Waals surface area contributed by atoms with Crippen LogP contribution in [0.4, 0.5) is 14.6 Å². The van der Waals surface area contributed by atoms with E-state index in [-0.39, 0.29) is 23.4 Å². The van der Waals surface area contributed by atoms with E-state index in [2.05, 4.69) is 14.9 Å². The monoisotopic (exact) mass is 435 g/mol. The van der Waals surface area contributed by atoms with Crippen molar-refractivity contribution in [3.63, 3.8) is 0 Å². The topological polar surface area (TPSA) is 75.4 Å². The first-order chi connectivity index (χ1) is 14.4. The van der Waals surface area contributed by atoms with Crippen molar-refractivity contribution in [3.05, 3.63) is 52.2 Å². The number of amides is 1. The van der Waals surface area contributed by atoms with Gasteiger partial charge in [-0.3, -0.25) is 4.79 Å². The van der Waals surface area contributed by atoms with Gasteiger partial charge in [0, 0.05) is 38.3 Å². The minimum absolute atomic E-state index is 0.0118. The molecule has 2 N–H and O–H groups in total. The Hall–Kier alpha value is -2.32. The molecule has 6 nitrogen and oxygen atoms in total. The maximum Gasteiger partial charge on any atom is 0.231 e. The number of carbonyl (C=O) groups excluding carboxylic acids is 1. The first-order valence-electron chi connectivity index (χ1n) is 10.1. The maximum atomic E-state index is 14.2. The highest BCUT2D eigenvalue weighted by Gasteiger charge is 2.35. The van der Waals surface area contributed by atoms with Crippen LogP contribution in [0.2, 0.25) is 5.02 Å². The molecule has 4 rings (SSSR count). The fourth-order valence-corrected chi connectivity index (χ4v) is 4.50. The molecule has 0 unspecified atom stereocenters. The van der Waals surface area contributed by atoms with Gasteiger partial charge in [0.25, 0.3) is 0 Å². The van der Waals surface area contributed by atoms with Gasteiger partial charge < -0.3 is 15.5 Å². The van der Waals surface area contributed by atoms with Crippen LogP contribution in [0, 0.1) is 5.82 Å². The summed E-state index contributed by atoms with van der Waals surface area (Å²) in [4.78, 5) is 25.4. The molecule has 1 aliphatic carbocycles. The summed E-state index contributed by atoms with van der Waals surface area (Å²) in [6.07, 6.45) is 0.787. The first-order valence-corrected chi connectivity index (χ1v) is 10.5. The van der Waals surface area contributed by atoms with Gasteiger partial charge in [-0.05, 0) is 30.0 Å². The number of alkyl halides is 1. The molecule has 30 heavy (non-hydrogen) atoms. The summed E-state index contributed by atoms with van der Waals surface area (Å²) in [6, 6.07) is 4.35. The van der Waals surface area contributed by atoms with Crippen molar-refractivity contribution in [1.29, 1.82) is 0 Å². The first kappa shape index (κ1) is 20.9. The number of hydrogen-bond donors (Lipinski definition) is 1. The Labute approximate surface area is 179 Å². The second kappa shape index (κ2) is 8.43. The number of rotatable bonds is 4. The van der Waals surface area contributed by atoms with Crippen molar-refractivity contribution in [1.82, 2.24) is 14.9 Å². The highest BCUT2D eigenvalue weighted by molar-refractivity contribution is 6.30. The van der Waals surface area contributed by atoms with Gasteiger partial charge in [0.05, 0.1) is 16.6 Å². The Morgan fingerprint density at radius 1 is 1.30 bits per heavy atom. The van der Waals surface area contributed by atoms with Gasteiger partial charge in [0.2, 0.25) is 5.91 Å². The molecule has 2 aliphatic rings. The number of nitrogens with zero attached hydrogens (tertiary/aromatic N) is 4. The number of aromatic nitrogens is 2. The average Bonchev–Trinajstić information content (AvgIpc) is 3.05. The lowest BCUT2D eigenvalue weighted by Gasteiger charge is -2.37. The number of carbonyl (C=O) groups is 1. The molecule has 2 aromatic rings. The normalized spacial score (nSPS) is 22.2. The maximum absolute atomic E-state index is 14.2. The molecule has 9 heteroatoms. The number of nitrogens with two attached hydrogens (primary N) is 1.